The molecule has 9 heteroatoms. The van der Waals surface area contributed by atoms with Crippen molar-refractivity contribution in [3.63, 3.8) is 0 Å². The third-order valence-electron chi connectivity index (χ3n) is 4.68. The molecule has 0 radical (unpaired) electrons. The lowest BCUT2D eigenvalue weighted by Crippen LogP contribution is -2.25. The van der Waals surface area contributed by atoms with E-state index in [0.717, 1.165) is 5.56 Å². The van der Waals surface area contributed by atoms with Crippen molar-refractivity contribution in [2.75, 3.05) is 25.5 Å². The Morgan fingerprint density at radius 2 is 1.66 bits per heavy atom. The molecule has 3 aromatic rings. The molecule has 0 aliphatic heterocycles. The number of ether oxygens (including phenoxy) is 2. The molecule has 0 aliphatic rings. The number of carbonyl (C=O) groups excluding carboxylic acids is 1. The van der Waals surface area contributed by atoms with Gasteiger partial charge in [0.15, 0.2) is 11.5 Å². The number of anilines is 1. The number of nitrogens with one attached hydrogen (secondary N) is 2. The average molecular weight is 475 g/mol. The standard InChI is InChI=1S/C23H23ClN2O5S/c1-30-21-11-8-16(14-22(21)31-2)12-13-25-23(27)17-9-10-20(19(24)15-17)26-32(28,29)18-6-4-3-5-7-18/h3-11,14-15,26H,12-13H2,1-2H3,(H,25,27). The molecule has 0 aromatic heterocycles. The predicted octanol–water partition coefficient (Wildman–Crippen LogP) is 4.13. The molecule has 0 aliphatic carbocycles. The number of methoxy groups -OCH3 is 2. The van der Waals surface area contributed by atoms with Crippen molar-refractivity contribution >= 4 is 33.2 Å². The molecule has 0 heterocycles. The molecule has 0 fully saturated rings. The molecular formula is C23H23ClN2O5S. The van der Waals surface area contributed by atoms with Gasteiger partial charge in [0, 0.05) is 12.1 Å². The van der Waals surface area contributed by atoms with Gasteiger partial charge in [0.2, 0.25) is 0 Å². The molecule has 0 bridgehead atoms. The molecule has 168 valence electrons. The Morgan fingerprint density at radius 1 is 0.938 bits per heavy atom. The normalized spacial score (nSPS) is 11.0. The lowest BCUT2D eigenvalue weighted by Gasteiger charge is -2.12. The third-order valence-corrected chi connectivity index (χ3v) is 6.37. The number of hydrogen-bond donors (Lipinski definition) is 2. The largest absolute Gasteiger partial charge is 0.493 e. The van der Waals surface area contributed by atoms with Gasteiger partial charge in [0.1, 0.15) is 0 Å². The maximum absolute atomic E-state index is 12.5. The summed E-state index contributed by atoms with van der Waals surface area (Å²) >= 11 is 6.23. The quantitative estimate of drug-likeness (QED) is 0.486. The number of sulfonamides is 1. The highest BCUT2D eigenvalue weighted by Crippen LogP contribution is 2.28. The molecule has 3 rings (SSSR count). The summed E-state index contributed by atoms with van der Waals surface area (Å²) in [5.41, 5.74) is 1.49. The molecule has 3 aromatic carbocycles. The molecule has 0 unspecified atom stereocenters. The summed E-state index contributed by atoms with van der Waals surface area (Å²) in [6.07, 6.45) is 0.592. The van der Waals surface area contributed by atoms with Crippen LogP contribution >= 0.6 is 11.6 Å². The van der Waals surface area contributed by atoms with E-state index in [0.29, 0.717) is 30.0 Å². The fraction of sp³-hybridized carbons (Fsp3) is 0.174. The van der Waals surface area contributed by atoms with E-state index >= 15 is 0 Å². The number of rotatable bonds is 9. The van der Waals surface area contributed by atoms with Gasteiger partial charge < -0.3 is 14.8 Å². The lowest BCUT2D eigenvalue weighted by molar-refractivity contribution is 0.0954. The molecule has 0 atom stereocenters. The Hall–Kier alpha value is -3.23. The van der Waals surface area contributed by atoms with Crippen LogP contribution in [0.4, 0.5) is 5.69 Å². The summed E-state index contributed by atoms with van der Waals surface area (Å²) in [4.78, 5) is 12.6. The Kier molecular flexibility index (Phi) is 7.61. The highest BCUT2D eigenvalue weighted by atomic mass is 35.5. The summed E-state index contributed by atoms with van der Waals surface area (Å²) in [5, 5.41) is 2.95. The number of amides is 1. The van der Waals surface area contributed by atoms with Crippen molar-refractivity contribution < 1.29 is 22.7 Å². The van der Waals surface area contributed by atoms with Gasteiger partial charge in [0.05, 0.1) is 29.8 Å². The van der Waals surface area contributed by atoms with Crippen LogP contribution in [-0.4, -0.2) is 35.1 Å². The van der Waals surface area contributed by atoms with E-state index in [2.05, 4.69) is 10.0 Å². The van der Waals surface area contributed by atoms with Crippen LogP contribution in [0.1, 0.15) is 15.9 Å². The lowest BCUT2D eigenvalue weighted by atomic mass is 10.1. The molecular weight excluding hydrogens is 452 g/mol. The van der Waals surface area contributed by atoms with Crippen molar-refractivity contribution in [2.45, 2.75) is 11.3 Å². The van der Waals surface area contributed by atoms with Crippen molar-refractivity contribution in [3.05, 3.63) is 82.9 Å². The highest BCUT2D eigenvalue weighted by molar-refractivity contribution is 7.92. The molecule has 0 saturated carbocycles. The predicted molar refractivity (Wildman–Crippen MR) is 124 cm³/mol. The van der Waals surface area contributed by atoms with Crippen LogP contribution < -0.4 is 19.5 Å². The van der Waals surface area contributed by atoms with E-state index in [1.807, 2.05) is 18.2 Å². The van der Waals surface area contributed by atoms with Gasteiger partial charge in [-0.3, -0.25) is 9.52 Å². The van der Waals surface area contributed by atoms with Crippen LogP contribution in [0.3, 0.4) is 0 Å². The summed E-state index contributed by atoms with van der Waals surface area (Å²) in [6, 6.07) is 17.9. The second-order valence-corrected chi connectivity index (χ2v) is 8.90. The van der Waals surface area contributed by atoms with Crippen molar-refractivity contribution in [3.8, 4) is 11.5 Å². The maximum Gasteiger partial charge on any atom is 0.261 e. The average Bonchev–Trinajstić information content (AvgIpc) is 2.80. The molecule has 0 spiro atoms. The zero-order chi connectivity index (χ0) is 23.1. The Morgan fingerprint density at radius 3 is 2.31 bits per heavy atom. The first-order chi connectivity index (χ1) is 15.3. The van der Waals surface area contributed by atoms with E-state index in [9.17, 15) is 13.2 Å². The maximum atomic E-state index is 12.5. The first-order valence-corrected chi connectivity index (χ1v) is 11.6. The van der Waals surface area contributed by atoms with E-state index in [-0.39, 0.29) is 21.5 Å². The topological polar surface area (TPSA) is 93.7 Å². The van der Waals surface area contributed by atoms with Gasteiger partial charge in [0.25, 0.3) is 15.9 Å². The number of carbonyl (C=O) groups is 1. The van der Waals surface area contributed by atoms with Crippen LogP contribution in [0.2, 0.25) is 5.02 Å². The van der Waals surface area contributed by atoms with Crippen LogP contribution in [0.25, 0.3) is 0 Å². The van der Waals surface area contributed by atoms with Gasteiger partial charge in [-0.25, -0.2) is 8.42 Å². The first kappa shape index (κ1) is 23.4. The monoisotopic (exact) mass is 474 g/mol. The minimum absolute atomic E-state index is 0.119. The summed E-state index contributed by atoms with van der Waals surface area (Å²) < 4.78 is 37.9. The SMILES string of the molecule is COc1ccc(CCNC(=O)c2ccc(NS(=O)(=O)c3ccccc3)c(Cl)c2)cc1OC. The number of halogens is 1. The Balaban J connectivity index is 1.61. The van der Waals surface area contributed by atoms with Crippen molar-refractivity contribution in [1.29, 1.82) is 0 Å². The van der Waals surface area contributed by atoms with Gasteiger partial charge in [-0.2, -0.15) is 0 Å². The van der Waals surface area contributed by atoms with Crippen molar-refractivity contribution in [1.82, 2.24) is 5.32 Å². The second kappa shape index (κ2) is 10.4. The summed E-state index contributed by atoms with van der Waals surface area (Å²) in [5.74, 6) is 0.944. The van der Waals surface area contributed by atoms with Gasteiger partial charge in [-0.1, -0.05) is 35.9 Å². The van der Waals surface area contributed by atoms with Gasteiger partial charge in [-0.05, 0) is 54.4 Å². The second-order valence-electron chi connectivity index (χ2n) is 6.81. The van der Waals surface area contributed by atoms with Crippen LogP contribution in [-0.2, 0) is 16.4 Å². The summed E-state index contributed by atoms with van der Waals surface area (Å²) in [6.45, 7) is 0.397. The summed E-state index contributed by atoms with van der Waals surface area (Å²) in [7, 11) is -0.642. The van der Waals surface area contributed by atoms with Crippen LogP contribution in [0.5, 0.6) is 11.5 Å². The molecule has 2 N–H and O–H groups in total. The fourth-order valence-corrected chi connectivity index (χ4v) is 4.39. The van der Waals surface area contributed by atoms with Crippen molar-refractivity contribution in [2.24, 2.45) is 0 Å². The molecule has 0 saturated heterocycles. The molecule has 32 heavy (non-hydrogen) atoms. The Labute approximate surface area is 192 Å². The van der Waals surface area contributed by atoms with Gasteiger partial charge in [-0.15, -0.1) is 0 Å². The number of benzene rings is 3. The molecule has 7 nitrogen and oxygen atoms in total. The van der Waals surface area contributed by atoms with Gasteiger partial charge >= 0.3 is 0 Å². The van der Waals surface area contributed by atoms with Crippen LogP contribution in [0.15, 0.2) is 71.6 Å². The zero-order valence-corrected chi connectivity index (χ0v) is 19.2. The zero-order valence-electron chi connectivity index (χ0n) is 17.6. The van der Waals surface area contributed by atoms with E-state index < -0.39 is 10.0 Å². The smallest absolute Gasteiger partial charge is 0.261 e. The highest BCUT2D eigenvalue weighted by Gasteiger charge is 2.16. The number of hydrogen-bond acceptors (Lipinski definition) is 5. The van der Waals surface area contributed by atoms with E-state index in [1.165, 1.54) is 30.3 Å². The minimum atomic E-state index is -3.78. The van der Waals surface area contributed by atoms with E-state index in [4.69, 9.17) is 21.1 Å². The van der Waals surface area contributed by atoms with Crippen LogP contribution in [0, 0.1) is 0 Å². The fourth-order valence-electron chi connectivity index (χ4n) is 3.00. The minimum Gasteiger partial charge on any atom is -0.493 e. The van der Waals surface area contributed by atoms with E-state index in [1.54, 1.807) is 32.4 Å². The first-order valence-electron chi connectivity index (χ1n) is 9.70. The third kappa shape index (κ3) is 5.72. The Bertz CT molecular complexity index is 1200. The molecule has 1 amide bonds.